The van der Waals surface area contributed by atoms with Gasteiger partial charge in [0.1, 0.15) is 11.6 Å². The summed E-state index contributed by atoms with van der Waals surface area (Å²) < 4.78 is 28.3. The van der Waals surface area contributed by atoms with Crippen LogP contribution in [0, 0.1) is 18.6 Å². The van der Waals surface area contributed by atoms with E-state index in [-0.39, 0.29) is 11.6 Å². The lowest BCUT2D eigenvalue weighted by molar-refractivity contribution is 0.444. The molecule has 1 aromatic heterocycles. The molecular formula is C17H21F2NS. The van der Waals surface area contributed by atoms with Crippen molar-refractivity contribution in [1.29, 1.82) is 0 Å². The molecule has 0 radical (unpaired) electrons. The molecule has 0 bridgehead atoms. The minimum Gasteiger partial charge on any atom is -0.310 e. The summed E-state index contributed by atoms with van der Waals surface area (Å²) in [4.78, 5) is 1.32. The predicted octanol–water partition coefficient (Wildman–Crippen LogP) is 5.01. The Morgan fingerprint density at radius 1 is 1.24 bits per heavy atom. The first-order valence-electron chi connectivity index (χ1n) is 7.33. The summed E-state index contributed by atoms with van der Waals surface area (Å²) in [5.74, 6) is -0.878. The highest BCUT2D eigenvalue weighted by atomic mass is 32.1. The van der Waals surface area contributed by atoms with Crippen LogP contribution in [-0.2, 0) is 6.42 Å². The van der Waals surface area contributed by atoms with Crippen molar-refractivity contribution in [3.63, 3.8) is 0 Å². The summed E-state index contributed by atoms with van der Waals surface area (Å²) >= 11 is 1.72. The van der Waals surface area contributed by atoms with Gasteiger partial charge in [-0.05, 0) is 55.8 Å². The van der Waals surface area contributed by atoms with Gasteiger partial charge in [0.05, 0.1) is 0 Å². The molecule has 1 N–H and O–H groups in total. The van der Waals surface area contributed by atoms with E-state index in [2.05, 4.69) is 16.8 Å². The number of hydrogen-bond donors (Lipinski definition) is 1. The average Bonchev–Trinajstić information content (AvgIpc) is 2.97. The van der Waals surface area contributed by atoms with Gasteiger partial charge in [-0.15, -0.1) is 11.3 Å². The Morgan fingerprint density at radius 2 is 2.05 bits per heavy atom. The number of benzene rings is 1. The minimum atomic E-state index is -0.458. The van der Waals surface area contributed by atoms with Crippen molar-refractivity contribution in [3.05, 3.63) is 57.3 Å². The van der Waals surface area contributed by atoms with Crippen molar-refractivity contribution in [2.24, 2.45) is 0 Å². The number of aryl methyl sites for hydroxylation is 2. The highest BCUT2D eigenvalue weighted by Crippen LogP contribution is 2.27. The quantitative estimate of drug-likeness (QED) is 0.758. The van der Waals surface area contributed by atoms with Crippen LogP contribution < -0.4 is 5.32 Å². The smallest absolute Gasteiger partial charge is 0.133 e. The van der Waals surface area contributed by atoms with Gasteiger partial charge in [-0.3, -0.25) is 0 Å². The van der Waals surface area contributed by atoms with Gasteiger partial charge < -0.3 is 5.32 Å². The fraction of sp³-hybridized carbons (Fsp3) is 0.412. The molecule has 1 heterocycles. The molecule has 21 heavy (non-hydrogen) atoms. The summed E-state index contributed by atoms with van der Waals surface area (Å²) in [6.45, 7) is 4.32. The molecular weight excluding hydrogens is 288 g/mol. The van der Waals surface area contributed by atoms with Crippen LogP contribution in [0.5, 0.6) is 0 Å². The van der Waals surface area contributed by atoms with E-state index in [4.69, 9.17) is 0 Å². The first kappa shape index (κ1) is 16.1. The zero-order valence-corrected chi connectivity index (χ0v) is 13.3. The highest BCUT2D eigenvalue weighted by molar-refractivity contribution is 7.09. The third kappa shape index (κ3) is 4.11. The second kappa shape index (κ2) is 7.66. The Morgan fingerprint density at radius 3 is 2.71 bits per heavy atom. The van der Waals surface area contributed by atoms with Crippen LogP contribution in [0.1, 0.15) is 41.8 Å². The fourth-order valence-corrected chi connectivity index (χ4v) is 3.28. The molecule has 1 atom stereocenters. The molecule has 114 valence electrons. The van der Waals surface area contributed by atoms with E-state index < -0.39 is 11.6 Å². The zero-order valence-electron chi connectivity index (χ0n) is 12.5. The fourth-order valence-electron chi connectivity index (χ4n) is 2.53. The van der Waals surface area contributed by atoms with E-state index in [1.54, 1.807) is 18.3 Å². The Bertz CT molecular complexity index is 566. The van der Waals surface area contributed by atoms with Gasteiger partial charge in [0, 0.05) is 16.5 Å². The molecule has 0 spiro atoms. The Hall–Kier alpha value is -1.26. The summed E-state index contributed by atoms with van der Waals surface area (Å²) in [7, 11) is 0. The van der Waals surface area contributed by atoms with Crippen molar-refractivity contribution >= 4 is 11.3 Å². The summed E-state index contributed by atoms with van der Waals surface area (Å²) in [5, 5.41) is 5.26. The van der Waals surface area contributed by atoms with E-state index in [1.807, 2.05) is 13.0 Å². The summed E-state index contributed by atoms with van der Waals surface area (Å²) in [5.41, 5.74) is 0.676. The first-order valence-corrected chi connectivity index (χ1v) is 8.21. The third-order valence-corrected chi connectivity index (χ3v) is 4.55. The van der Waals surface area contributed by atoms with Crippen molar-refractivity contribution < 1.29 is 8.78 Å². The van der Waals surface area contributed by atoms with Crippen LogP contribution in [-0.4, -0.2) is 6.54 Å². The standard InChI is InChI=1S/C17H21F2NS/c1-3-20-15(8-4-6-13-7-5-11-21-13)16-14(18)10-9-12(2)17(16)19/h5,7,9-11,15,20H,3-4,6,8H2,1-2H3. The van der Waals surface area contributed by atoms with E-state index >= 15 is 0 Å². The van der Waals surface area contributed by atoms with E-state index in [1.165, 1.54) is 17.0 Å². The molecule has 1 unspecified atom stereocenters. The van der Waals surface area contributed by atoms with Gasteiger partial charge in [-0.2, -0.15) is 0 Å². The lowest BCUT2D eigenvalue weighted by Crippen LogP contribution is -2.23. The maximum Gasteiger partial charge on any atom is 0.133 e. The average molecular weight is 309 g/mol. The molecule has 0 fully saturated rings. The molecule has 2 rings (SSSR count). The van der Waals surface area contributed by atoms with Crippen molar-refractivity contribution in [2.45, 2.75) is 39.2 Å². The van der Waals surface area contributed by atoms with Crippen molar-refractivity contribution in [1.82, 2.24) is 5.32 Å². The Kier molecular flexibility index (Phi) is 5.88. The molecule has 0 aliphatic rings. The van der Waals surface area contributed by atoms with Gasteiger partial charge in [0.25, 0.3) is 0 Å². The second-order valence-electron chi connectivity index (χ2n) is 5.17. The van der Waals surface area contributed by atoms with E-state index in [0.717, 1.165) is 19.3 Å². The zero-order chi connectivity index (χ0) is 15.2. The van der Waals surface area contributed by atoms with Crippen LogP contribution in [0.2, 0.25) is 0 Å². The molecule has 2 aromatic rings. The predicted molar refractivity (Wildman–Crippen MR) is 84.8 cm³/mol. The number of hydrogen-bond acceptors (Lipinski definition) is 2. The number of nitrogens with one attached hydrogen (secondary N) is 1. The molecule has 0 saturated heterocycles. The SMILES string of the molecule is CCNC(CCCc1cccs1)c1c(F)ccc(C)c1F. The van der Waals surface area contributed by atoms with Crippen LogP contribution >= 0.6 is 11.3 Å². The number of rotatable bonds is 7. The van der Waals surface area contributed by atoms with E-state index in [0.29, 0.717) is 12.1 Å². The van der Waals surface area contributed by atoms with E-state index in [9.17, 15) is 8.78 Å². The van der Waals surface area contributed by atoms with Gasteiger partial charge >= 0.3 is 0 Å². The largest absolute Gasteiger partial charge is 0.310 e. The normalized spacial score (nSPS) is 12.6. The molecule has 4 heteroatoms. The number of thiophene rings is 1. The maximum absolute atomic E-state index is 14.3. The lowest BCUT2D eigenvalue weighted by atomic mass is 9.97. The molecule has 1 aromatic carbocycles. The van der Waals surface area contributed by atoms with Crippen LogP contribution in [0.3, 0.4) is 0 Å². The first-order chi connectivity index (χ1) is 10.1. The van der Waals surface area contributed by atoms with Crippen molar-refractivity contribution in [3.8, 4) is 0 Å². The van der Waals surface area contributed by atoms with Crippen LogP contribution in [0.25, 0.3) is 0 Å². The summed E-state index contributed by atoms with van der Waals surface area (Å²) in [6, 6.07) is 6.71. The second-order valence-corrected chi connectivity index (χ2v) is 6.21. The molecule has 0 amide bonds. The van der Waals surface area contributed by atoms with Crippen molar-refractivity contribution in [2.75, 3.05) is 6.54 Å². The van der Waals surface area contributed by atoms with Gasteiger partial charge in [-0.1, -0.05) is 19.1 Å². The molecule has 1 nitrogen and oxygen atoms in total. The van der Waals surface area contributed by atoms with Gasteiger partial charge in [0.2, 0.25) is 0 Å². The number of halogens is 2. The minimum absolute atomic E-state index is 0.183. The maximum atomic E-state index is 14.3. The molecule has 0 aliphatic carbocycles. The van der Waals surface area contributed by atoms with Gasteiger partial charge in [0.15, 0.2) is 0 Å². The lowest BCUT2D eigenvalue weighted by Gasteiger charge is -2.20. The third-order valence-electron chi connectivity index (χ3n) is 3.61. The monoisotopic (exact) mass is 309 g/mol. The molecule has 0 aliphatic heterocycles. The molecule has 0 saturated carbocycles. The Labute approximate surface area is 129 Å². The Balaban J connectivity index is 2.09. The van der Waals surface area contributed by atoms with Gasteiger partial charge in [-0.25, -0.2) is 8.78 Å². The topological polar surface area (TPSA) is 12.0 Å². The summed E-state index contributed by atoms with van der Waals surface area (Å²) in [6.07, 6.45) is 2.59. The highest BCUT2D eigenvalue weighted by Gasteiger charge is 2.20. The van der Waals surface area contributed by atoms with Crippen LogP contribution in [0.4, 0.5) is 8.78 Å². The van der Waals surface area contributed by atoms with Crippen LogP contribution in [0.15, 0.2) is 29.6 Å².